The monoisotopic (exact) mass is 938 g/mol. The van der Waals surface area contributed by atoms with Crippen LogP contribution in [0.1, 0.15) is 41.8 Å². The number of aromatic nitrogens is 2. The molecule has 0 fully saturated rings. The van der Waals surface area contributed by atoms with Gasteiger partial charge in [-0.1, -0.05) is 123 Å². The summed E-state index contributed by atoms with van der Waals surface area (Å²) in [6.45, 7) is 3.75. The van der Waals surface area contributed by atoms with E-state index < -0.39 is 63.8 Å². The van der Waals surface area contributed by atoms with Crippen molar-refractivity contribution in [3.63, 3.8) is 0 Å². The van der Waals surface area contributed by atoms with Gasteiger partial charge in [0.2, 0.25) is 0 Å². The molecule has 1 aromatic heterocycles. The third kappa shape index (κ3) is 9.31. The molecule has 11 nitrogen and oxygen atoms in total. The average Bonchev–Trinajstić information content (AvgIpc) is 3.68. The Kier molecular flexibility index (Phi) is 13.0. The number of aliphatic hydroxyl groups is 1. The Morgan fingerprint density at radius 1 is 0.548 bits per heavy atom. The number of hydrogen-bond acceptors (Lipinski definition) is 10. The van der Waals surface area contributed by atoms with Gasteiger partial charge in [0.1, 0.15) is 16.9 Å². The van der Waals surface area contributed by atoms with E-state index in [0.717, 1.165) is 22.8 Å². The fourth-order valence-electron chi connectivity index (χ4n) is 6.35. The van der Waals surface area contributed by atoms with Crippen LogP contribution in [0.5, 0.6) is 5.75 Å². The third-order valence-electron chi connectivity index (χ3n) is 9.26. The maximum Gasteiger partial charge on any atom is 0.534 e. The highest BCUT2D eigenvalue weighted by atomic mass is 32.3. The standard InChI is InChI=1S/C37H31F3N2O4S.C2F6O5S2/c1-26(2)36(43,32-20-18-28-23-33(21-19-27(28)22-32)46-47(44,45)37(38,39)40)34-24-42(25-41-34)35(29-12-6-3-7-13-29,30-14-8-4-9-15-30)31-16-10-5-11-17-31;3-1(4,5)14(9,10)13-15(11,12)2(6,7)8/h3-26,43H,1-2H3;. The second kappa shape index (κ2) is 17.0. The molecule has 0 aliphatic rings. The molecule has 0 saturated carbocycles. The van der Waals surface area contributed by atoms with Crippen LogP contribution in [-0.2, 0) is 45.1 Å². The van der Waals surface area contributed by atoms with Gasteiger partial charge in [0.05, 0.1) is 12.0 Å². The van der Waals surface area contributed by atoms with Crippen LogP contribution < -0.4 is 4.18 Å². The predicted octanol–water partition coefficient (Wildman–Crippen LogP) is 8.70. The van der Waals surface area contributed by atoms with Gasteiger partial charge in [0, 0.05) is 6.20 Å². The topological polar surface area (TPSA) is 159 Å². The van der Waals surface area contributed by atoms with Crippen molar-refractivity contribution in [2.45, 2.75) is 41.5 Å². The summed E-state index contributed by atoms with van der Waals surface area (Å²) in [6.07, 6.45) is 3.58. The Balaban J connectivity index is 0.000000414. The molecule has 0 radical (unpaired) electrons. The Morgan fingerprint density at radius 2 is 0.952 bits per heavy atom. The van der Waals surface area contributed by atoms with Gasteiger partial charge in [-0.2, -0.15) is 64.8 Å². The molecule has 0 amide bonds. The lowest BCUT2D eigenvalue weighted by Crippen LogP contribution is -2.37. The number of rotatable bonds is 11. The zero-order valence-electron chi connectivity index (χ0n) is 31.6. The Morgan fingerprint density at radius 3 is 1.35 bits per heavy atom. The molecule has 1 unspecified atom stereocenters. The van der Waals surface area contributed by atoms with Crippen LogP contribution in [0.2, 0.25) is 0 Å². The lowest BCUT2D eigenvalue weighted by molar-refractivity contribution is -0.0586. The Labute approximate surface area is 348 Å². The number of benzene rings is 5. The second-order valence-electron chi connectivity index (χ2n) is 13.5. The first-order chi connectivity index (χ1) is 28.6. The van der Waals surface area contributed by atoms with Crippen LogP contribution >= 0.6 is 0 Å². The van der Waals surface area contributed by atoms with Gasteiger partial charge in [-0.25, -0.2) is 4.98 Å². The highest BCUT2D eigenvalue weighted by Crippen LogP contribution is 2.44. The van der Waals surface area contributed by atoms with Crippen LogP contribution in [0, 0.1) is 5.92 Å². The van der Waals surface area contributed by atoms with E-state index in [0.29, 0.717) is 22.0 Å². The first-order valence-corrected chi connectivity index (χ1v) is 21.6. The molecular formula is C39H31F9N2O9S3. The van der Waals surface area contributed by atoms with E-state index in [1.54, 1.807) is 24.5 Å². The SMILES string of the molecule is CC(C)C(O)(c1ccc2cc(OS(=O)(=O)C(F)(F)F)ccc2c1)c1cn(C(c2ccccc2)(c2ccccc2)c2ccccc2)cn1.O=S(=O)(OS(=O)(=O)C(F)(F)F)C(F)(F)F. The molecule has 5 aromatic carbocycles. The van der Waals surface area contributed by atoms with Crippen molar-refractivity contribution in [3.05, 3.63) is 168 Å². The highest BCUT2D eigenvalue weighted by molar-refractivity contribution is 8.00. The van der Waals surface area contributed by atoms with Gasteiger partial charge in [0.25, 0.3) is 0 Å². The molecule has 1 heterocycles. The number of alkyl halides is 9. The summed E-state index contributed by atoms with van der Waals surface area (Å²) in [5.41, 5.74) is -16.6. The highest BCUT2D eigenvalue weighted by Gasteiger charge is 2.57. The van der Waals surface area contributed by atoms with E-state index in [1.807, 2.05) is 82.8 Å². The Hall–Kier alpha value is -5.49. The summed E-state index contributed by atoms with van der Waals surface area (Å²) in [5, 5.41) is 13.5. The minimum Gasteiger partial charge on any atom is -0.378 e. The van der Waals surface area contributed by atoms with Crippen molar-refractivity contribution in [3.8, 4) is 5.75 Å². The van der Waals surface area contributed by atoms with E-state index in [4.69, 9.17) is 4.98 Å². The fourth-order valence-corrected chi connectivity index (χ4v) is 8.36. The van der Waals surface area contributed by atoms with Crippen LogP contribution in [-0.4, -0.2) is 56.4 Å². The summed E-state index contributed by atoms with van der Waals surface area (Å²) in [5.74, 6) is -0.832. The largest absolute Gasteiger partial charge is 0.534 e. The number of imidazole rings is 1. The summed E-state index contributed by atoms with van der Waals surface area (Å²) < 4.78 is 178. The molecule has 0 saturated heterocycles. The summed E-state index contributed by atoms with van der Waals surface area (Å²) >= 11 is 0. The van der Waals surface area contributed by atoms with E-state index in [1.165, 1.54) is 12.1 Å². The quantitative estimate of drug-likeness (QED) is 0.0577. The third-order valence-corrected chi connectivity index (χ3v) is 12.8. The van der Waals surface area contributed by atoms with Gasteiger partial charge in [-0.15, -0.1) is 3.63 Å². The maximum absolute atomic E-state index is 12.9. The van der Waals surface area contributed by atoms with Gasteiger partial charge in [-0.3, -0.25) is 0 Å². The second-order valence-corrected chi connectivity index (χ2v) is 18.3. The summed E-state index contributed by atoms with van der Waals surface area (Å²) in [6, 6.07) is 39.0. The number of fused-ring (bicyclic) bond motifs is 1. The zero-order valence-corrected chi connectivity index (χ0v) is 34.0. The molecule has 62 heavy (non-hydrogen) atoms. The van der Waals surface area contributed by atoms with Gasteiger partial charge in [0.15, 0.2) is 0 Å². The number of halogens is 9. The minimum atomic E-state index is -6.85. The van der Waals surface area contributed by atoms with Gasteiger partial charge in [-0.05, 0) is 57.1 Å². The van der Waals surface area contributed by atoms with Crippen LogP contribution in [0.4, 0.5) is 39.5 Å². The lowest BCUT2D eigenvalue weighted by Gasteiger charge is -2.37. The molecule has 6 rings (SSSR count). The van der Waals surface area contributed by atoms with Crippen LogP contribution in [0.15, 0.2) is 140 Å². The van der Waals surface area contributed by atoms with Crippen molar-refractivity contribution in [2.75, 3.05) is 0 Å². The van der Waals surface area contributed by atoms with Crippen molar-refractivity contribution in [2.24, 2.45) is 5.92 Å². The summed E-state index contributed by atoms with van der Waals surface area (Å²) in [4.78, 5) is 4.81. The predicted molar refractivity (Wildman–Crippen MR) is 205 cm³/mol. The molecule has 6 aromatic rings. The molecule has 1 N–H and O–H groups in total. The minimum absolute atomic E-state index is 0.359. The lowest BCUT2D eigenvalue weighted by atomic mass is 9.76. The van der Waals surface area contributed by atoms with E-state index in [9.17, 15) is 69.9 Å². The molecule has 0 spiro atoms. The Bertz CT molecular complexity index is 2720. The van der Waals surface area contributed by atoms with Crippen molar-refractivity contribution in [1.29, 1.82) is 0 Å². The molecule has 0 bridgehead atoms. The fraction of sp³-hybridized carbons (Fsp3) is 0.205. The number of hydrogen-bond donors (Lipinski definition) is 1. The van der Waals surface area contributed by atoms with Crippen LogP contribution in [0.25, 0.3) is 10.8 Å². The normalized spacial score (nSPS) is 14.2. The van der Waals surface area contributed by atoms with Gasteiger partial charge < -0.3 is 13.9 Å². The first kappa shape index (κ1) is 47.6. The van der Waals surface area contributed by atoms with Crippen molar-refractivity contribution < 1.29 is 77.7 Å². The van der Waals surface area contributed by atoms with E-state index in [-0.39, 0.29) is 5.92 Å². The average molecular weight is 939 g/mol. The van der Waals surface area contributed by atoms with E-state index >= 15 is 0 Å². The molecule has 0 aliphatic heterocycles. The first-order valence-electron chi connectivity index (χ1n) is 17.4. The summed E-state index contributed by atoms with van der Waals surface area (Å²) in [7, 11) is -19.5. The molecular weight excluding hydrogens is 908 g/mol. The van der Waals surface area contributed by atoms with Crippen LogP contribution in [0.3, 0.4) is 0 Å². The van der Waals surface area contributed by atoms with Crippen molar-refractivity contribution in [1.82, 2.24) is 9.55 Å². The van der Waals surface area contributed by atoms with E-state index in [2.05, 4.69) is 40.6 Å². The zero-order chi connectivity index (χ0) is 46.2. The molecule has 332 valence electrons. The maximum atomic E-state index is 12.9. The smallest absolute Gasteiger partial charge is 0.378 e. The number of nitrogens with zero attached hydrogens (tertiary/aromatic N) is 2. The van der Waals surface area contributed by atoms with Crippen molar-refractivity contribution >= 4 is 41.1 Å². The molecule has 1 atom stereocenters. The molecule has 0 aliphatic carbocycles. The van der Waals surface area contributed by atoms with Gasteiger partial charge >= 0.3 is 46.9 Å². The molecule has 23 heteroatoms.